The molecule has 106 valence electrons. The van der Waals surface area contributed by atoms with E-state index in [9.17, 15) is 4.79 Å². The van der Waals surface area contributed by atoms with Gasteiger partial charge in [-0.15, -0.1) is 0 Å². The number of amides is 1. The second kappa shape index (κ2) is 5.96. The highest BCUT2D eigenvalue weighted by Crippen LogP contribution is 2.36. The van der Waals surface area contributed by atoms with Crippen LogP contribution in [0.4, 0.5) is 5.69 Å². The Bertz CT molecular complexity index is 755. The normalized spacial score (nSPS) is 17.0. The van der Waals surface area contributed by atoms with Crippen LogP contribution in [0.3, 0.4) is 0 Å². The van der Waals surface area contributed by atoms with Crippen LogP contribution in [0.2, 0.25) is 5.02 Å². The molecule has 1 aromatic heterocycles. The van der Waals surface area contributed by atoms with Gasteiger partial charge < -0.3 is 4.42 Å². The minimum Gasteiger partial charge on any atom is -0.450 e. The number of hydrogen-bond acceptors (Lipinski definition) is 4. The van der Waals surface area contributed by atoms with Crippen LogP contribution in [0.1, 0.15) is 5.76 Å². The second-order valence-electron chi connectivity index (χ2n) is 4.14. The summed E-state index contributed by atoms with van der Waals surface area (Å²) in [5, 5.41) is 0.611. The van der Waals surface area contributed by atoms with Gasteiger partial charge in [0.1, 0.15) is 5.76 Å². The SMILES string of the molecule is O=C1/C(=C/c2ccc(Br)o2)SC(=S)N1c1ccc(Cl)cc1. The fraction of sp³-hybridized carbons (Fsp3) is 0. The number of rotatable bonds is 2. The van der Waals surface area contributed by atoms with Crippen molar-refractivity contribution in [1.82, 2.24) is 0 Å². The molecule has 7 heteroatoms. The van der Waals surface area contributed by atoms with Crippen LogP contribution in [0.5, 0.6) is 0 Å². The van der Waals surface area contributed by atoms with Gasteiger partial charge in [0.25, 0.3) is 5.91 Å². The molecule has 2 aromatic rings. The van der Waals surface area contributed by atoms with Crippen molar-refractivity contribution >= 4 is 73.5 Å². The van der Waals surface area contributed by atoms with Crippen LogP contribution in [0, 0.1) is 0 Å². The van der Waals surface area contributed by atoms with Crippen molar-refractivity contribution in [3.63, 3.8) is 0 Å². The Labute approximate surface area is 144 Å². The number of halogens is 2. The minimum absolute atomic E-state index is 0.167. The van der Waals surface area contributed by atoms with Gasteiger partial charge >= 0.3 is 0 Å². The van der Waals surface area contributed by atoms with Crippen molar-refractivity contribution in [3.05, 3.63) is 56.8 Å². The molecular formula is C14H7BrClNO2S2. The lowest BCUT2D eigenvalue weighted by Crippen LogP contribution is -2.27. The number of anilines is 1. The zero-order valence-corrected chi connectivity index (χ0v) is 14.4. The van der Waals surface area contributed by atoms with E-state index in [2.05, 4.69) is 15.9 Å². The van der Waals surface area contributed by atoms with Gasteiger partial charge in [-0.1, -0.05) is 35.6 Å². The number of furan rings is 1. The molecule has 0 unspecified atom stereocenters. The maximum Gasteiger partial charge on any atom is 0.270 e. The van der Waals surface area contributed by atoms with Crippen molar-refractivity contribution in [2.24, 2.45) is 0 Å². The Morgan fingerprint density at radius 1 is 1.24 bits per heavy atom. The van der Waals surface area contributed by atoms with E-state index in [1.165, 1.54) is 16.7 Å². The zero-order chi connectivity index (χ0) is 15.0. The van der Waals surface area contributed by atoms with Crippen LogP contribution in [0.15, 0.2) is 50.4 Å². The topological polar surface area (TPSA) is 33.5 Å². The van der Waals surface area contributed by atoms with E-state index in [0.29, 0.717) is 30.4 Å². The molecule has 1 saturated heterocycles. The molecule has 1 aliphatic heterocycles. The third-order valence-corrected chi connectivity index (χ3v) is 4.73. The summed E-state index contributed by atoms with van der Waals surface area (Å²) in [6.45, 7) is 0. The maximum atomic E-state index is 12.5. The van der Waals surface area contributed by atoms with Gasteiger partial charge in [-0.3, -0.25) is 9.69 Å². The average molecular weight is 401 g/mol. The van der Waals surface area contributed by atoms with Crippen molar-refractivity contribution in [3.8, 4) is 0 Å². The van der Waals surface area contributed by atoms with Crippen LogP contribution in [0.25, 0.3) is 6.08 Å². The smallest absolute Gasteiger partial charge is 0.270 e. The summed E-state index contributed by atoms with van der Waals surface area (Å²) in [6, 6.07) is 10.5. The summed E-state index contributed by atoms with van der Waals surface area (Å²) < 4.78 is 6.48. The highest BCUT2D eigenvalue weighted by Gasteiger charge is 2.33. The molecule has 0 saturated carbocycles. The standard InChI is InChI=1S/C14H7BrClNO2S2/c15-12-6-5-10(19-12)7-11-13(18)17(14(20)21-11)9-3-1-8(16)2-4-9/h1-7H/b11-7-. The Hall–Kier alpha value is -1.08. The van der Waals surface area contributed by atoms with Crippen LogP contribution in [-0.4, -0.2) is 10.2 Å². The van der Waals surface area contributed by atoms with Gasteiger partial charge in [0, 0.05) is 11.1 Å². The average Bonchev–Trinajstić information content (AvgIpc) is 2.96. The molecule has 0 bridgehead atoms. The Kier molecular flexibility index (Phi) is 4.21. The molecule has 1 amide bonds. The lowest BCUT2D eigenvalue weighted by atomic mass is 10.3. The van der Waals surface area contributed by atoms with Gasteiger partial charge in [-0.2, -0.15) is 0 Å². The molecule has 2 heterocycles. The predicted molar refractivity (Wildman–Crippen MR) is 93.5 cm³/mol. The maximum absolute atomic E-state index is 12.5. The summed E-state index contributed by atoms with van der Waals surface area (Å²) in [5.74, 6) is 0.429. The molecule has 3 rings (SSSR count). The van der Waals surface area contributed by atoms with E-state index in [1.807, 2.05) is 0 Å². The largest absolute Gasteiger partial charge is 0.450 e. The minimum atomic E-state index is -0.167. The number of thiocarbonyl (C=S) groups is 1. The summed E-state index contributed by atoms with van der Waals surface area (Å²) >= 11 is 15.6. The lowest BCUT2D eigenvalue weighted by molar-refractivity contribution is -0.113. The monoisotopic (exact) mass is 399 g/mol. The third kappa shape index (κ3) is 3.08. The van der Waals surface area contributed by atoms with Crippen LogP contribution >= 0.6 is 51.5 Å². The molecule has 0 radical (unpaired) electrons. The molecule has 0 atom stereocenters. The van der Waals surface area contributed by atoms with E-state index in [1.54, 1.807) is 42.5 Å². The first-order valence-electron chi connectivity index (χ1n) is 5.83. The fourth-order valence-electron chi connectivity index (χ4n) is 1.82. The van der Waals surface area contributed by atoms with Crippen LogP contribution < -0.4 is 4.90 Å². The van der Waals surface area contributed by atoms with Gasteiger partial charge in [0.2, 0.25) is 0 Å². The lowest BCUT2D eigenvalue weighted by Gasteiger charge is -2.14. The van der Waals surface area contributed by atoms with E-state index in [4.69, 9.17) is 28.2 Å². The molecule has 21 heavy (non-hydrogen) atoms. The second-order valence-corrected chi connectivity index (χ2v) is 7.03. The first-order chi connectivity index (χ1) is 10.0. The van der Waals surface area contributed by atoms with Crippen molar-refractivity contribution in [1.29, 1.82) is 0 Å². The highest BCUT2D eigenvalue weighted by molar-refractivity contribution is 9.10. The number of thioether (sulfide) groups is 1. The van der Waals surface area contributed by atoms with Crippen molar-refractivity contribution < 1.29 is 9.21 Å². The Morgan fingerprint density at radius 2 is 1.95 bits per heavy atom. The number of carbonyl (C=O) groups excluding carboxylic acids is 1. The molecule has 0 aliphatic carbocycles. The number of carbonyl (C=O) groups is 1. The highest BCUT2D eigenvalue weighted by atomic mass is 79.9. The summed E-state index contributed by atoms with van der Waals surface area (Å²) in [5.41, 5.74) is 0.700. The molecule has 0 N–H and O–H groups in total. The predicted octanol–water partition coefficient (Wildman–Crippen LogP) is 5.10. The Morgan fingerprint density at radius 3 is 2.57 bits per heavy atom. The summed E-state index contributed by atoms with van der Waals surface area (Å²) in [4.78, 5) is 14.5. The molecule has 1 aromatic carbocycles. The quantitative estimate of drug-likeness (QED) is 0.518. The van der Waals surface area contributed by atoms with Gasteiger partial charge in [-0.05, 0) is 52.3 Å². The summed E-state index contributed by atoms with van der Waals surface area (Å²) in [7, 11) is 0. The first kappa shape index (κ1) is 14.8. The fourth-order valence-corrected chi connectivity index (χ4v) is 3.54. The molecular weight excluding hydrogens is 394 g/mol. The van der Waals surface area contributed by atoms with E-state index < -0.39 is 0 Å². The molecule has 1 fully saturated rings. The Balaban J connectivity index is 1.92. The van der Waals surface area contributed by atoms with Gasteiger partial charge in [0.15, 0.2) is 8.99 Å². The molecule has 1 aliphatic rings. The van der Waals surface area contributed by atoms with Crippen molar-refractivity contribution in [2.75, 3.05) is 4.90 Å². The number of hydrogen-bond donors (Lipinski definition) is 0. The van der Waals surface area contributed by atoms with Crippen molar-refractivity contribution in [2.45, 2.75) is 0 Å². The van der Waals surface area contributed by atoms with E-state index in [-0.39, 0.29) is 5.91 Å². The van der Waals surface area contributed by atoms with Gasteiger partial charge in [-0.25, -0.2) is 0 Å². The van der Waals surface area contributed by atoms with Gasteiger partial charge in [0.05, 0.1) is 10.6 Å². The number of benzene rings is 1. The first-order valence-corrected chi connectivity index (χ1v) is 8.23. The van der Waals surface area contributed by atoms with E-state index in [0.717, 1.165) is 0 Å². The number of nitrogens with zero attached hydrogens (tertiary/aromatic N) is 1. The van der Waals surface area contributed by atoms with Crippen LogP contribution in [-0.2, 0) is 4.79 Å². The zero-order valence-electron chi connectivity index (χ0n) is 10.4. The molecule has 3 nitrogen and oxygen atoms in total. The third-order valence-electron chi connectivity index (χ3n) is 2.75. The molecule has 0 spiro atoms. The summed E-state index contributed by atoms with van der Waals surface area (Å²) in [6.07, 6.45) is 1.68. The van der Waals surface area contributed by atoms with E-state index >= 15 is 0 Å².